The van der Waals surface area contributed by atoms with Crippen molar-refractivity contribution in [2.75, 3.05) is 0 Å². The zero-order valence-corrected chi connectivity index (χ0v) is 34.1. The summed E-state index contributed by atoms with van der Waals surface area (Å²) in [7, 11) is 0. The second kappa shape index (κ2) is 13.5. The van der Waals surface area contributed by atoms with Crippen LogP contribution in [0.25, 0.3) is 129 Å². The van der Waals surface area contributed by atoms with E-state index in [2.05, 4.69) is 146 Å². The third-order valence-electron chi connectivity index (χ3n) is 11.9. The van der Waals surface area contributed by atoms with Crippen LogP contribution in [-0.2, 0) is 0 Å². The summed E-state index contributed by atoms with van der Waals surface area (Å²) in [5, 5.41) is 9.50. The van der Waals surface area contributed by atoms with Gasteiger partial charge in [-0.05, 0) is 81.6 Å². The molecule has 0 radical (unpaired) electrons. The van der Waals surface area contributed by atoms with Crippen molar-refractivity contribution in [1.82, 2.24) is 15.0 Å². The van der Waals surface area contributed by atoms with E-state index in [4.69, 9.17) is 19.4 Å². The third kappa shape index (κ3) is 5.61. The molecule has 4 heterocycles. The molecule has 0 saturated carbocycles. The normalized spacial score (nSPS) is 11.9. The Morgan fingerprint density at radius 3 is 1.84 bits per heavy atom. The molecular weight excluding hydrogens is 783 g/mol. The van der Waals surface area contributed by atoms with Crippen LogP contribution in [0.2, 0.25) is 0 Å². The fraction of sp³-hybridized carbons (Fsp3) is 0. The Hall–Kier alpha value is -7.51. The summed E-state index contributed by atoms with van der Waals surface area (Å²) < 4.78 is 11.7. The van der Waals surface area contributed by atoms with Gasteiger partial charge in [0.2, 0.25) is 0 Å². The molecule has 0 aliphatic heterocycles. The molecule has 0 spiro atoms. The first-order chi connectivity index (χ1) is 30.2. The molecule has 4 aromatic heterocycles. The fourth-order valence-corrected chi connectivity index (χ4v) is 11.3. The lowest BCUT2D eigenvalue weighted by Crippen LogP contribution is -2.00. The predicted molar refractivity (Wildman–Crippen MR) is 258 cm³/mol. The van der Waals surface area contributed by atoms with Gasteiger partial charge >= 0.3 is 0 Å². The van der Waals surface area contributed by atoms with Gasteiger partial charge in [-0.25, -0.2) is 15.0 Å². The van der Waals surface area contributed by atoms with Crippen molar-refractivity contribution < 1.29 is 4.42 Å². The molecule has 0 saturated heterocycles. The minimum Gasteiger partial charge on any atom is -0.456 e. The van der Waals surface area contributed by atoms with Gasteiger partial charge < -0.3 is 4.42 Å². The van der Waals surface area contributed by atoms with Crippen LogP contribution in [0.1, 0.15) is 0 Å². The van der Waals surface area contributed by atoms with Crippen LogP contribution in [0.15, 0.2) is 192 Å². The molecule has 13 aromatic rings. The van der Waals surface area contributed by atoms with E-state index in [1.807, 2.05) is 65.1 Å². The van der Waals surface area contributed by atoms with Crippen molar-refractivity contribution in [3.8, 4) is 56.4 Å². The Bertz CT molecular complexity index is 3900. The molecule has 4 nitrogen and oxygen atoms in total. The first-order valence-corrected chi connectivity index (χ1v) is 22.0. The van der Waals surface area contributed by atoms with Crippen LogP contribution >= 0.6 is 22.7 Å². The minimum absolute atomic E-state index is 0.601. The molecule has 284 valence electrons. The van der Waals surface area contributed by atoms with Crippen LogP contribution in [0.5, 0.6) is 0 Å². The summed E-state index contributed by atoms with van der Waals surface area (Å²) in [5.41, 5.74) is 9.18. The predicted octanol–water partition coefficient (Wildman–Crippen LogP) is 16.0. The number of furan rings is 1. The van der Waals surface area contributed by atoms with Gasteiger partial charge in [0.25, 0.3) is 0 Å². The monoisotopic (exact) mass is 813 g/mol. The number of hydrogen-bond acceptors (Lipinski definition) is 6. The van der Waals surface area contributed by atoms with Gasteiger partial charge in [-0.15, -0.1) is 22.7 Å². The highest BCUT2D eigenvalue weighted by Crippen LogP contribution is 2.44. The van der Waals surface area contributed by atoms with Crippen molar-refractivity contribution >= 4 is 95.7 Å². The molecule has 0 aliphatic rings. The Balaban J connectivity index is 0.950. The van der Waals surface area contributed by atoms with E-state index in [0.29, 0.717) is 17.5 Å². The smallest absolute Gasteiger partial charge is 0.164 e. The molecule has 13 rings (SSSR count). The van der Waals surface area contributed by atoms with E-state index >= 15 is 0 Å². The average Bonchev–Trinajstić information content (AvgIpc) is 4.02. The molecule has 0 N–H and O–H groups in total. The van der Waals surface area contributed by atoms with E-state index in [1.165, 1.54) is 62.4 Å². The van der Waals surface area contributed by atoms with E-state index in [-0.39, 0.29) is 0 Å². The maximum atomic E-state index is 6.56. The van der Waals surface area contributed by atoms with Crippen LogP contribution < -0.4 is 0 Å². The van der Waals surface area contributed by atoms with Gasteiger partial charge in [0.1, 0.15) is 11.2 Å². The summed E-state index contributed by atoms with van der Waals surface area (Å²) in [4.78, 5) is 15.4. The number of nitrogens with zero attached hydrogens (tertiary/aromatic N) is 3. The highest BCUT2D eigenvalue weighted by atomic mass is 32.1. The fourth-order valence-electron chi connectivity index (χ4n) is 9.00. The summed E-state index contributed by atoms with van der Waals surface area (Å²) >= 11 is 3.72. The van der Waals surface area contributed by atoms with E-state index in [9.17, 15) is 0 Å². The second-order valence-corrected chi connectivity index (χ2v) is 17.7. The van der Waals surface area contributed by atoms with Crippen LogP contribution in [-0.4, -0.2) is 15.0 Å². The van der Waals surface area contributed by atoms with Gasteiger partial charge in [0, 0.05) is 67.8 Å². The van der Waals surface area contributed by atoms with E-state index in [0.717, 1.165) is 49.6 Å². The molecule has 0 bridgehead atoms. The lowest BCUT2D eigenvalue weighted by molar-refractivity contribution is 0.669. The lowest BCUT2D eigenvalue weighted by Gasteiger charge is -2.10. The highest BCUT2D eigenvalue weighted by molar-refractivity contribution is 7.26. The summed E-state index contributed by atoms with van der Waals surface area (Å²) in [5.74, 6) is 1.85. The van der Waals surface area contributed by atoms with Crippen LogP contribution in [0, 0.1) is 0 Å². The number of rotatable bonds is 5. The zero-order chi connectivity index (χ0) is 40.0. The van der Waals surface area contributed by atoms with Gasteiger partial charge in [0.15, 0.2) is 17.5 Å². The summed E-state index contributed by atoms with van der Waals surface area (Å²) in [6, 6.07) is 66.8. The SMILES string of the molecule is c1ccc(-c2nc(-c3ccc4ccccc4c3)nc(-c3cccc4oc5ccc(-c6cccc7sc8cc(-c9ccc%10c(c9)sc9ccccc9%10)ccc8c67)cc5c34)n2)cc1. The first kappa shape index (κ1) is 34.4. The quantitative estimate of drug-likeness (QED) is 0.174. The molecular formula is C55H31N3OS2. The maximum Gasteiger partial charge on any atom is 0.164 e. The topological polar surface area (TPSA) is 51.8 Å². The van der Waals surface area contributed by atoms with Crippen molar-refractivity contribution in [2.45, 2.75) is 0 Å². The Morgan fingerprint density at radius 1 is 0.311 bits per heavy atom. The van der Waals surface area contributed by atoms with Gasteiger partial charge in [-0.1, -0.05) is 140 Å². The molecule has 6 heteroatoms. The van der Waals surface area contributed by atoms with Crippen LogP contribution in [0.4, 0.5) is 0 Å². The van der Waals surface area contributed by atoms with Crippen molar-refractivity contribution in [3.05, 3.63) is 188 Å². The number of hydrogen-bond donors (Lipinski definition) is 0. The third-order valence-corrected chi connectivity index (χ3v) is 14.2. The van der Waals surface area contributed by atoms with E-state index < -0.39 is 0 Å². The molecule has 61 heavy (non-hydrogen) atoms. The Morgan fingerprint density at radius 2 is 0.951 bits per heavy atom. The standard InChI is InChI=1S/C55H31N3OS2/c1-2-11-33(12-3-1)53-56-54(38-21-20-32-10-4-5-13-34(32)28-38)58-55(57-53)43-16-8-17-46-51(43)44-29-37(24-27-45(44)59-46)39-15-9-19-48-52(39)42-26-23-36(31-50(42)61-48)35-22-25-41-40-14-6-7-18-47(40)60-49(41)30-35/h1-31H. The van der Waals surface area contributed by atoms with Gasteiger partial charge in [0.05, 0.1) is 0 Å². The minimum atomic E-state index is 0.601. The molecule has 0 aliphatic carbocycles. The summed E-state index contributed by atoms with van der Waals surface area (Å²) in [6.45, 7) is 0. The van der Waals surface area contributed by atoms with Crippen LogP contribution in [0.3, 0.4) is 0 Å². The average molecular weight is 814 g/mol. The molecule has 0 unspecified atom stereocenters. The van der Waals surface area contributed by atoms with Crippen molar-refractivity contribution in [3.63, 3.8) is 0 Å². The lowest BCUT2D eigenvalue weighted by atomic mass is 9.96. The number of benzene rings is 9. The van der Waals surface area contributed by atoms with E-state index in [1.54, 1.807) is 0 Å². The van der Waals surface area contributed by atoms with Crippen molar-refractivity contribution in [1.29, 1.82) is 0 Å². The van der Waals surface area contributed by atoms with Gasteiger partial charge in [-0.2, -0.15) is 0 Å². The second-order valence-electron chi connectivity index (χ2n) is 15.5. The summed E-state index contributed by atoms with van der Waals surface area (Å²) in [6.07, 6.45) is 0. The molecule has 0 fully saturated rings. The number of aromatic nitrogens is 3. The van der Waals surface area contributed by atoms with Crippen molar-refractivity contribution in [2.24, 2.45) is 0 Å². The van der Waals surface area contributed by atoms with Gasteiger partial charge in [-0.3, -0.25) is 0 Å². The number of thiophene rings is 2. The number of fused-ring (bicyclic) bond motifs is 10. The molecule has 0 atom stereocenters. The first-order valence-electron chi connectivity index (χ1n) is 20.3. The molecule has 0 amide bonds. The molecule has 9 aromatic carbocycles. The highest BCUT2D eigenvalue weighted by Gasteiger charge is 2.20. The maximum absolute atomic E-state index is 6.56. The Labute approximate surface area is 357 Å². The zero-order valence-electron chi connectivity index (χ0n) is 32.5. The largest absolute Gasteiger partial charge is 0.456 e. The Kier molecular flexibility index (Phi) is 7.61.